The van der Waals surface area contributed by atoms with Crippen molar-refractivity contribution < 1.29 is 19.1 Å². The summed E-state index contributed by atoms with van der Waals surface area (Å²) < 4.78 is 9.87. The second-order valence-corrected chi connectivity index (χ2v) is 3.37. The minimum Gasteiger partial charge on any atom is -0.480 e. The summed E-state index contributed by atoms with van der Waals surface area (Å²) in [4.78, 5) is 15.7. The largest absolute Gasteiger partial charge is 0.480 e. The van der Waals surface area contributed by atoms with E-state index in [0.717, 1.165) is 0 Å². The first kappa shape index (κ1) is 8.43. The molecule has 0 bridgehead atoms. The molecule has 0 saturated carbocycles. The maximum Gasteiger partial charge on any atom is 0.291 e. The molecule has 0 radical (unpaired) electrons. The molecule has 0 aliphatic carbocycles. The molecule has 5 nitrogen and oxygen atoms in total. The summed E-state index contributed by atoms with van der Waals surface area (Å²) in [5, 5.41) is 9.81. The highest BCUT2D eigenvalue weighted by atomic mass is 16.5. The average Bonchev–Trinajstić information content (AvgIpc) is 2.59. The zero-order chi connectivity index (χ0) is 10.4. The third kappa shape index (κ3) is 1.13. The van der Waals surface area contributed by atoms with Crippen LogP contribution in [0.1, 0.15) is 16.1 Å². The Bertz CT molecular complexity index is 558. The Hall–Kier alpha value is -1.88. The van der Waals surface area contributed by atoms with Gasteiger partial charge in [-0.15, -0.1) is 0 Å². The van der Waals surface area contributed by atoms with Crippen LogP contribution in [0, 0.1) is 0 Å². The highest BCUT2D eigenvalue weighted by Gasteiger charge is 2.21. The van der Waals surface area contributed by atoms with Crippen molar-refractivity contribution in [2.75, 3.05) is 6.61 Å². The smallest absolute Gasteiger partial charge is 0.291 e. The maximum absolute atomic E-state index is 11.5. The van der Waals surface area contributed by atoms with Gasteiger partial charge in [-0.05, 0) is 6.07 Å². The van der Waals surface area contributed by atoms with Gasteiger partial charge < -0.3 is 14.3 Å². The first-order valence-electron chi connectivity index (χ1n) is 4.47. The topological polar surface area (TPSA) is 72.6 Å². The molecule has 3 heterocycles. The number of carbonyl (C=O) groups excluding carboxylic acids is 1. The molecule has 15 heavy (non-hydrogen) atoms. The Morgan fingerprint density at radius 1 is 1.40 bits per heavy atom. The third-order valence-corrected chi connectivity index (χ3v) is 2.42. The second kappa shape index (κ2) is 2.80. The van der Waals surface area contributed by atoms with Crippen molar-refractivity contribution in [3.05, 3.63) is 23.6 Å². The van der Waals surface area contributed by atoms with Gasteiger partial charge in [0.15, 0.2) is 5.78 Å². The molecule has 0 atom stereocenters. The van der Waals surface area contributed by atoms with Crippen LogP contribution in [0.4, 0.5) is 0 Å². The van der Waals surface area contributed by atoms with Crippen molar-refractivity contribution in [3.63, 3.8) is 0 Å². The summed E-state index contributed by atoms with van der Waals surface area (Å²) in [5.74, 6) is -0.328. The first-order chi connectivity index (χ1) is 7.25. The van der Waals surface area contributed by atoms with Crippen LogP contribution in [0.25, 0.3) is 10.9 Å². The van der Waals surface area contributed by atoms with E-state index in [0.29, 0.717) is 28.8 Å². The number of aromatic nitrogens is 1. The van der Waals surface area contributed by atoms with E-state index in [4.69, 9.17) is 9.15 Å². The molecule has 1 N–H and O–H groups in total. The Morgan fingerprint density at radius 2 is 2.27 bits per heavy atom. The first-order valence-corrected chi connectivity index (χ1v) is 4.47. The number of furan rings is 1. The number of ether oxygens (including phenoxy) is 1. The molecule has 5 heteroatoms. The molecule has 0 amide bonds. The predicted octanol–water partition coefficient (Wildman–Crippen LogP) is 1.25. The fourth-order valence-corrected chi connectivity index (χ4v) is 1.67. The van der Waals surface area contributed by atoms with Crippen LogP contribution in [0.2, 0.25) is 0 Å². The summed E-state index contributed by atoms with van der Waals surface area (Å²) in [7, 11) is 0. The molecule has 2 aromatic heterocycles. The van der Waals surface area contributed by atoms with Gasteiger partial charge in [-0.25, -0.2) is 4.98 Å². The minimum atomic E-state index is -0.209. The minimum absolute atomic E-state index is 0.0683. The highest BCUT2D eigenvalue weighted by Crippen LogP contribution is 2.28. The number of fused-ring (bicyclic) bond motifs is 2. The van der Waals surface area contributed by atoms with Gasteiger partial charge in [0.1, 0.15) is 18.4 Å². The summed E-state index contributed by atoms with van der Waals surface area (Å²) in [6.45, 7) is 0.391. The molecule has 1 aliphatic heterocycles. The van der Waals surface area contributed by atoms with Crippen LogP contribution in [0.15, 0.2) is 16.7 Å². The van der Waals surface area contributed by atoms with E-state index >= 15 is 0 Å². The van der Waals surface area contributed by atoms with Gasteiger partial charge in [0.25, 0.3) is 5.95 Å². The zero-order valence-corrected chi connectivity index (χ0v) is 7.69. The molecule has 2 aromatic rings. The Balaban J connectivity index is 2.34. The molecule has 3 rings (SSSR count). The number of Topliss-reactive ketones (excluding diaryl/α,β-unsaturated/α-hetero) is 1. The molecule has 0 fully saturated rings. The standard InChI is InChI=1S/C10H7NO4/c12-9-4-14-2-7-5(9)1-6-8(11-7)3-15-10(6)13/h1,3,13H,2,4H2. The quantitative estimate of drug-likeness (QED) is 0.700. The van der Waals surface area contributed by atoms with Crippen molar-refractivity contribution in [3.8, 4) is 5.95 Å². The fourth-order valence-electron chi connectivity index (χ4n) is 1.67. The second-order valence-electron chi connectivity index (χ2n) is 3.37. The lowest BCUT2D eigenvalue weighted by Gasteiger charge is -2.13. The van der Waals surface area contributed by atoms with Crippen LogP contribution in [0.3, 0.4) is 0 Å². The van der Waals surface area contributed by atoms with E-state index in [1.165, 1.54) is 6.26 Å². The number of hydrogen-bond acceptors (Lipinski definition) is 5. The van der Waals surface area contributed by atoms with Crippen molar-refractivity contribution in [1.82, 2.24) is 4.98 Å². The van der Waals surface area contributed by atoms with Gasteiger partial charge in [0, 0.05) is 5.56 Å². The number of rotatable bonds is 0. The van der Waals surface area contributed by atoms with Gasteiger partial charge in [-0.2, -0.15) is 0 Å². The van der Waals surface area contributed by atoms with Crippen molar-refractivity contribution >= 4 is 16.7 Å². The molecule has 1 aliphatic rings. The molecule has 0 spiro atoms. The molecule has 0 saturated heterocycles. The number of pyridine rings is 1. The van der Waals surface area contributed by atoms with E-state index in [1.807, 2.05) is 0 Å². The number of nitrogens with zero attached hydrogens (tertiary/aromatic N) is 1. The lowest BCUT2D eigenvalue weighted by atomic mass is 10.1. The lowest BCUT2D eigenvalue weighted by Crippen LogP contribution is -2.19. The summed E-state index contributed by atoms with van der Waals surface area (Å²) in [6, 6.07) is 1.60. The van der Waals surface area contributed by atoms with Gasteiger partial charge in [0.2, 0.25) is 0 Å². The van der Waals surface area contributed by atoms with E-state index in [2.05, 4.69) is 4.98 Å². The van der Waals surface area contributed by atoms with Gasteiger partial charge in [-0.3, -0.25) is 4.79 Å². The monoisotopic (exact) mass is 205 g/mol. The number of hydrogen-bond donors (Lipinski definition) is 1. The van der Waals surface area contributed by atoms with Crippen LogP contribution < -0.4 is 0 Å². The normalized spacial score (nSPS) is 15.6. The van der Waals surface area contributed by atoms with E-state index in [1.54, 1.807) is 6.07 Å². The van der Waals surface area contributed by atoms with Gasteiger partial charge in [-0.1, -0.05) is 0 Å². The summed E-state index contributed by atoms with van der Waals surface area (Å²) in [6.07, 6.45) is 1.35. The number of aromatic hydroxyl groups is 1. The lowest BCUT2D eigenvalue weighted by molar-refractivity contribution is 0.0656. The van der Waals surface area contributed by atoms with E-state index in [9.17, 15) is 9.90 Å². The SMILES string of the molecule is O=C1COCc2nc3coc(O)c3cc21. The van der Waals surface area contributed by atoms with E-state index < -0.39 is 0 Å². The fraction of sp³-hybridized carbons (Fsp3) is 0.200. The van der Waals surface area contributed by atoms with Crippen molar-refractivity contribution in [1.29, 1.82) is 0 Å². The summed E-state index contributed by atoms with van der Waals surface area (Å²) >= 11 is 0. The molecular weight excluding hydrogens is 198 g/mol. The molecular formula is C10H7NO4. The Labute approximate surface area is 84.3 Å². The third-order valence-electron chi connectivity index (χ3n) is 2.42. The Kier molecular flexibility index (Phi) is 1.58. The van der Waals surface area contributed by atoms with Crippen LogP contribution in [0.5, 0.6) is 5.95 Å². The van der Waals surface area contributed by atoms with E-state index in [-0.39, 0.29) is 18.3 Å². The molecule has 0 unspecified atom stereocenters. The molecule has 0 aromatic carbocycles. The van der Waals surface area contributed by atoms with Crippen molar-refractivity contribution in [2.24, 2.45) is 0 Å². The van der Waals surface area contributed by atoms with Crippen molar-refractivity contribution in [2.45, 2.75) is 6.61 Å². The van der Waals surface area contributed by atoms with Crippen LogP contribution in [-0.2, 0) is 11.3 Å². The van der Waals surface area contributed by atoms with Gasteiger partial charge >= 0.3 is 0 Å². The van der Waals surface area contributed by atoms with Crippen LogP contribution >= 0.6 is 0 Å². The average molecular weight is 205 g/mol. The molecule has 76 valence electrons. The number of carbonyl (C=O) groups is 1. The maximum atomic E-state index is 11.5. The summed E-state index contributed by atoms with van der Waals surface area (Å²) in [5.41, 5.74) is 1.63. The highest BCUT2D eigenvalue weighted by molar-refractivity contribution is 6.02. The predicted molar refractivity (Wildman–Crippen MR) is 49.7 cm³/mol. The van der Waals surface area contributed by atoms with Gasteiger partial charge in [0.05, 0.1) is 17.7 Å². The zero-order valence-electron chi connectivity index (χ0n) is 7.69. The Morgan fingerprint density at radius 3 is 3.13 bits per heavy atom. The number of ketones is 1. The van der Waals surface area contributed by atoms with Crippen LogP contribution in [-0.4, -0.2) is 22.5 Å².